The minimum atomic E-state index is -2.78. The summed E-state index contributed by atoms with van der Waals surface area (Å²) in [5.41, 5.74) is -0.261. The zero-order valence-electron chi connectivity index (χ0n) is 12.3. The summed E-state index contributed by atoms with van der Waals surface area (Å²) in [6, 6.07) is 0. The van der Waals surface area contributed by atoms with Gasteiger partial charge >= 0.3 is 8.80 Å². The fraction of sp³-hybridized carbons (Fsp3) is 1.00. The highest BCUT2D eigenvalue weighted by Crippen LogP contribution is 2.23. The SMILES string of the molecule is CCO[Si](OCC)(OCC)C(CC)OC(S)CC. The van der Waals surface area contributed by atoms with Crippen molar-refractivity contribution < 1.29 is 18.0 Å². The maximum atomic E-state index is 5.92. The van der Waals surface area contributed by atoms with E-state index in [-0.39, 0.29) is 11.2 Å². The van der Waals surface area contributed by atoms with E-state index in [1.807, 2.05) is 27.7 Å². The maximum Gasteiger partial charge on any atom is 0.531 e. The summed E-state index contributed by atoms with van der Waals surface area (Å²) >= 11 is 4.39. The molecule has 0 aliphatic rings. The van der Waals surface area contributed by atoms with E-state index < -0.39 is 8.80 Å². The lowest BCUT2D eigenvalue weighted by Gasteiger charge is -2.35. The molecule has 2 unspecified atom stereocenters. The fourth-order valence-electron chi connectivity index (χ4n) is 1.72. The van der Waals surface area contributed by atoms with Crippen LogP contribution in [-0.4, -0.2) is 39.8 Å². The second-order valence-corrected chi connectivity index (χ2v) is 7.09. The number of ether oxygens (including phenoxy) is 1. The average molecular weight is 297 g/mol. The van der Waals surface area contributed by atoms with E-state index in [1.165, 1.54) is 0 Å². The molecule has 0 bridgehead atoms. The van der Waals surface area contributed by atoms with E-state index >= 15 is 0 Å². The molecule has 6 heteroatoms. The molecule has 0 N–H and O–H groups in total. The highest BCUT2D eigenvalue weighted by Gasteiger charge is 2.50. The topological polar surface area (TPSA) is 36.9 Å². The first-order valence-corrected chi connectivity index (χ1v) is 9.17. The quantitative estimate of drug-likeness (QED) is 0.361. The van der Waals surface area contributed by atoms with Crippen LogP contribution in [0.15, 0.2) is 0 Å². The van der Waals surface area contributed by atoms with E-state index in [2.05, 4.69) is 19.6 Å². The molecular formula is C12H28O4SSi. The van der Waals surface area contributed by atoms with Gasteiger partial charge in [-0.15, -0.1) is 12.6 Å². The first kappa shape index (κ1) is 18.4. The van der Waals surface area contributed by atoms with Crippen molar-refractivity contribution in [3.63, 3.8) is 0 Å². The van der Waals surface area contributed by atoms with Gasteiger partial charge in [-0.3, -0.25) is 0 Å². The molecule has 0 amide bonds. The van der Waals surface area contributed by atoms with Crippen molar-refractivity contribution in [2.24, 2.45) is 0 Å². The van der Waals surface area contributed by atoms with Crippen LogP contribution in [0.3, 0.4) is 0 Å². The summed E-state index contributed by atoms with van der Waals surface area (Å²) in [6.45, 7) is 11.6. The van der Waals surface area contributed by atoms with E-state index in [1.54, 1.807) is 0 Å². The number of hydrogen-bond acceptors (Lipinski definition) is 5. The Hall–Kier alpha value is 0.407. The monoisotopic (exact) mass is 296 g/mol. The van der Waals surface area contributed by atoms with E-state index in [0.717, 1.165) is 12.8 Å². The molecule has 0 rings (SSSR count). The van der Waals surface area contributed by atoms with Crippen molar-refractivity contribution >= 4 is 21.4 Å². The van der Waals surface area contributed by atoms with E-state index in [0.29, 0.717) is 19.8 Å². The third kappa shape index (κ3) is 5.58. The molecule has 0 spiro atoms. The van der Waals surface area contributed by atoms with Gasteiger partial charge in [-0.25, -0.2) is 0 Å². The molecule has 0 saturated carbocycles. The first-order chi connectivity index (χ1) is 8.60. The molecule has 4 nitrogen and oxygen atoms in total. The van der Waals surface area contributed by atoms with Gasteiger partial charge in [0.2, 0.25) is 0 Å². The summed E-state index contributed by atoms with van der Waals surface area (Å²) in [6.07, 6.45) is 1.64. The van der Waals surface area contributed by atoms with Gasteiger partial charge in [0.1, 0.15) is 5.73 Å². The molecule has 0 aliphatic heterocycles. The molecule has 0 aromatic heterocycles. The summed E-state index contributed by atoms with van der Waals surface area (Å²) in [4.78, 5) is 0. The van der Waals surface area contributed by atoms with Gasteiger partial charge in [-0.05, 0) is 33.6 Å². The van der Waals surface area contributed by atoms with Crippen LogP contribution in [0.2, 0.25) is 0 Å². The van der Waals surface area contributed by atoms with Crippen LogP contribution < -0.4 is 0 Å². The minimum absolute atomic E-state index is 0.108. The molecule has 0 radical (unpaired) electrons. The molecule has 2 atom stereocenters. The maximum absolute atomic E-state index is 5.92. The second kappa shape index (κ2) is 10.2. The molecule has 0 heterocycles. The van der Waals surface area contributed by atoms with Crippen LogP contribution in [-0.2, 0) is 18.0 Å². The molecule has 0 aliphatic carbocycles. The Bertz CT molecular complexity index is 189. The van der Waals surface area contributed by atoms with Crippen molar-refractivity contribution in [2.45, 2.75) is 58.6 Å². The second-order valence-electron chi connectivity index (χ2n) is 3.80. The number of hydrogen-bond donors (Lipinski definition) is 1. The molecule has 18 heavy (non-hydrogen) atoms. The largest absolute Gasteiger partial charge is 0.531 e. The van der Waals surface area contributed by atoms with Gasteiger partial charge in [-0.2, -0.15) is 0 Å². The Morgan fingerprint density at radius 3 is 1.56 bits per heavy atom. The predicted molar refractivity (Wildman–Crippen MR) is 78.9 cm³/mol. The van der Waals surface area contributed by atoms with Crippen LogP contribution in [0.4, 0.5) is 0 Å². The Morgan fingerprint density at radius 2 is 1.28 bits per heavy atom. The Morgan fingerprint density at radius 1 is 0.833 bits per heavy atom. The summed E-state index contributed by atoms with van der Waals surface area (Å²) in [7, 11) is -2.78. The first-order valence-electron chi connectivity index (χ1n) is 6.85. The highest BCUT2D eigenvalue weighted by molar-refractivity contribution is 7.80. The van der Waals surface area contributed by atoms with Crippen LogP contribution >= 0.6 is 12.6 Å². The lowest BCUT2D eigenvalue weighted by atomic mass is 10.5. The van der Waals surface area contributed by atoms with Gasteiger partial charge in [0.25, 0.3) is 0 Å². The Balaban J connectivity index is 4.93. The Labute approximate surface area is 118 Å². The van der Waals surface area contributed by atoms with Crippen molar-refractivity contribution in [1.82, 2.24) is 0 Å². The normalized spacial score (nSPS) is 15.7. The van der Waals surface area contributed by atoms with Gasteiger partial charge in [0.05, 0.1) is 5.44 Å². The summed E-state index contributed by atoms with van der Waals surface area (Å²) in [5.74, 6) is 0. The molecule has 0 aromatic carbocycles. The predicted octanol–water partition coefficient (Wildman–Crippen LogP) is 3.04. The zero-order chi connectivity index (χ0) is 14.0. The Kier molecular flexibility index (Phi) is 10.5. The third-order valence-electron chi connectivity index (χ3n) is 2.47. The number of rotatable bonds is 11. The van der Waals surface area contributed by atoms with Crippen LogP contribution in [0.5, 0.6) is 0 Å². The summed E-state index contributed by atoms with van der Waals surface area (Å²) in [5, 5.41) is 0. The van der Waals surface area contributed by atoms with Crippen LogP contribution in [0.1, 0.15) is 47.5 Å². The minimum Gasteiger partial charge on any atom is -0.372 e. The van der Waals surface area contributed by atoms with Gasteiger partial charge in [-0.1, -0.05) is 13.8 Å². The fourth-order valence-corrected chi connectivity index (χ4v) is 4.83. The van der Waals surface area contributed by atoms with E-state index in [4.69, 9.17) is 18.0 Å². The standard InChI is InChI=1S/C12H28O4SSi/c1-6-11(17)16-12(7-2)18(13-8-3,14-9-4)15-10-5/h11-12,17H,6-10H2,1-5H3. The summed E-state index contributed by atoms with van der Waals surface area (Å²) < 4.78 is 23.5. The lowest BCUT2D eigenvalue weighted by molar-refractivity contribution is -0.0192. The van der Waals surface area contributed by atoms with Gasteiger partial charge < -0.3 is 18.0 Å². The van der Waals surface area contributed by atoms with Gasteiger partial charge in [0, 0.05) is 19.8 Å². The average Bonchev–Trinajstić information content (AvgIpc) is 2.36. The third-order valence-corrected chi connectivity index (χ3v) is 6.37. The molecule has 0 aromatic rings. The highest BCUT2D eigenvalue weighted by atomic mass is 32.1. The van der Waals surface area contributed by atoms with Gasteiger partial charge in [0.15, 0.2) is 0 Å². The van der Waals surface area contributed by atoms with Crippen LogP contribution in [0.25, 0.3) is 0 Å². The lowest BCUT2D eigenvalue weighted by Crippen LogP contribution is -2.58. The van der Waals surface area contributed by atoms with Crippen molar-refractivity contribution in [2.75, 3.05) is 19.8 Å². The van der Waals surface area contributed by atoms with Crippen LogP contribution in [0, 0.1) is 0 Å². The zero-order valence-corrected chi connectivity index (χ0v) is 14.2. The smallest absolute Gasteiger partial charge is 0.372 e. The number of thiol groups is 1. The molecule has 110 valence electrons. The van der Waals surface area contributed by atoms with Crippen molar-refractivity contribution in [3.05, 3.63) is 0 Å². The molecule has 0 saturated heterocycles. The molecular weight excluding hydrogens is 268 g/mol. The van der Waals surface area contributed by atoms with Crippen molar-refractivity contribution in [3.8, 4) is 0 Å². The molecule has 0 fully saturated rings. The van der Waals surface area contributed by atoms with E-state index in [9.17, 15) is 0 Å². The van der Waals surface area contributed by atoms with Crippen molar-refractivity contribution in [1.29, 1.82) is 0 Å².